The van der Waals surface area contributed by atoms with Crippen LogP contribution in [-0.2, 0) is 14.3 Å². The van der Waals surface area contributed by atoms with E-state index in [0.29, 0.717) is 12.5 Å². The number of piperidine rings is 1. The predicted molar refractivity (Wildman–Crippen MR) is 112 cm³/mol. The van der Waals surface area contributed by atoms with E-state index in [1.807, 2.05) is 32.9 Å². The highest BCUT2D eigenvalue weighted by Gasteiger charge is 2.33. The first-order chi connectivity index (χ1) is 13.5. The fraction of sp³-hybridized carbons (Fsp3) is 0.727. The minimum Gasteiger partial charge on any atom is -0.374 e. The van der Waals surface area contributed by atoms with E-state index >= 15 is 0 Å². The highest BCUT2D eigenvalue weighted by atomic mass is 16.5. The van der Waals surface area contributed by atoms with E-state index in [1.165, 1.54) is 12.8 Å². The normalized spacial score (nSPS) is 25.0. The molecule has 2 unspecified atom stereocenters. The van der Waals surface area contributed by atoms with Crippen LogP contribution in [0, 0.1) is 0 Å². The molecule has 0 aromatic carbocycles. The molecule has 0 saturated carbocycles. The molecule has 28 heavy (non-hydrogen) atoms. The van der Waals surface area contributed by atoms with Crippen LogP contribution in [0.4, 0.5) is 0 Å². The van der Waals surface area contributed by atoms with Crippen LogP contribution in [0.2, 0.25) is 0 Å². The zero-order chi connectivity index (χ0) is 20.4. The number of ketones is 1. The number of amides is 1. The number of nitrogens with one attached hydrogen (secondary N) is 1. The Balaban J connectivity index is 1.87. The molecule has 158 valence electrons. The second-order valence-electron chi connectivity index (χ2n) is 8.01. The second kappa shape index (κ2) is 12.1. The Hall–Kier alpha value is -1.50. The molecule has 6 nitrogen and oxygen atoms in total. The van der Waals surface area contributed by atoms with Crippen molar-refractivity contribution in [2.75, 3.05) is 39.3 Å². The third-order valence-corrected chi connectivity index (χ3v) is 5.33. The summed E-state index contributed by atoms with van der Waals surface area (Å²) in [5.41, 5.74) is 0. The van der Waals surface area contributed by atoms with E-state index in [4.69, 9.17) is 4.74 Å². The molecule has 2 aliphatic heterocycles. The van der Waals surface area contributed by atoms with Gasteiger partial charge >= 0.3 is 0 Å². The average molecular weight is 392 g/mol. The summed E-state index contributed by atoms with van der Waals surface area (Å²) in [4.78, 5) is 28.1. The van der Waals surface area contributed by atoms with Gasteiger partial charge in [0.25, 0.3) is 0 Å². The molecule has 1 N–H and O–H groups in total. The van der Waals surface area contributed by atoms with Crippen LogP contribution in [-0.4, -0.2) is 79.0 Å². The van der Waals surface area contributed by atoms with Crippen molar-refractivity contribution in [3.63, 3.8) is 0 Å². The SMILES string of the molecule is CCC(=O)/C=C/CN1CCOC(C2CCCCN2C/C=C/C(=O)NC(C)C)C1. The fourth-order valence-electron chi connectivity index (χ4n) is 3.87. The molecule has 0 bridgehead atoms. The smallest absolute Gasteiger partial charge is 0.243 e. The predicted octanol–water partition coefficient (Wildman–Crippen LogP) is 2.16. The molecule has 6 heteroatoms. The van der Waals surface area contributed by atoms with Gasteiger partial charge < -0.3 is 10.1 Å². The van der Waals surface area contributed by atoms with Gasteiger partial charge in [0.1, 0.15) is 0 Å². The molecule has 2 fully saturated rings. The molecule has 0 aliphatic carbocycles. The third-order valence-electron chi connectivity index (χ3n) is 5.33. The summed E-state index contributed by atoms with van der Waals surface area (Å²) >= 11 is 0. The molecule has 0 aromatic heterocycles. The van der Waals surface area contributed by atoms with Gasteiger partial charge in [0.05, 0.1) is 12.7 Å². The summed E-state index contributed by atoms with van der Waals surface area (Å²) in [6, 6.07) is 0.541. The van der Waals surface area contributed by atoms with Gasteiger partial charge in [-0.15, -0.1) is 0 Å². The number of ether oxygens (including phenoxy) is 1. The number of likely N-dealkylation sites (tertiary alicyclic amines) is 1. The van der Waals surface area contributed by atoms with E-state index in [1.54, 1.807) is 12.2 Å². The monoisotopic (exact) mass is 391 g/mol. The maximum absolute atomic E-state index is 11.8. The zero-order valence-electron chi connectivity index (χ0n) is 17.7. The summed E-state index contributed by atoms with van der Waals surface area (Å²) in [5, 5.41) is 2.89. The Bertz CT molecular complexity index is 559. The van der Waals surface area contributed by atoms with Crippen molar-refractivity contribution >= 4 is 11.7 Å². The first-order valence-electron chi connectivity index (χ1n) is 10.7. The lowest BCUT2D eigenvalue weighted by Crippen LogP contribution is -2.55. The maximum atomic E-state index is 11.8. The van der Waals surface area contributed by atoms with E-state index in [9.17, 15) is 9.59 Å². The quantitative estimate of drug-likeness (QED) is 0.610. The van der Waals surface area contributed by atoms with Crippen molar-refractivity contribution in [3.8, 4) is 0 Å². The van der Waals surface area contributed by atoms with Crippen molar-refractivity contribution in [2.45, 2.75) is 64.6 Å². The van der Waals surface area contributed by atoms with Crippen molar-refractivity contribution in [1.82, 2.24) is 15.1 Å². The number of morpholine rings is 1. The Morgan fingerprint density at radius 3 is 2.68 bits per heavy atom. The highest BCUT2D eigenvalue weighted by Crippen LogP contribution is 2.23. The number of nitrogens with zero attached hydrogens (tertiary/aromatic N) is 2. The minimum absolute atomic E-state index is 0.0305. The standard InChI is InChI=1S/C22H37N3O3/c1-4-19(26)9-7-12-24-15-16-28-21(17-24)20-10-5-6-13-25(20)14-8-11-22(27)23-18(2)3/h7-9,11,18,20-21H,4-6,10,12-17H2,1-3H3,(H,23,27)/b9-7+,11-8+. The molecule has 2 heterocycles. The van der Waals surface area contributed by atoms with Crippen LogP contribution in [0.1, 0.15) is 46.5 Å². The Labute approximate surface area is 170 Å². The van der Waals surface area contributed by atoms with Crippen LogP contribution < -0.4 is 5.32 Å². The molecular formula is C22H37N3O3. The lowest BCUT2D eigenvalue weighted by molar-refractivity contribution is -0.117. The summed E-state index contributed by atoms with van der Waals surface area (Å²) in [6.45, 7) is 11.0. The molecule has 2 aliphatic rings. The minimum atomic E-state index is -0.0305. The third kappa shape index (κ3) is 7.86. The van der Waals surface area contributed by atoms with Crippen molar-refractivity contribution in [1.29, 1.82) is 0 Å². The summed E-state index contributed by atoms with van der Waals surface area (Å²) in [6.07, 6.45) is 11.6. The molecular weight excluding hydrogens is 354 g/mol. The Morgan fingerprint density at radius 1 is 1.14 bits per heavy atom. The Kier molecular flexibility index (Phi) is 9.88. The summed E-state index contributed by atoms with van der Waals surface area (Å²) in [7, 11) is 0. The number of carbonyl (C=O) groups is 2. The van der Waals surface area contributed by atoms with E-state index in [-0.39, 0.29) is 23.8 Å². The first-order valence-corrected chi connectivity index (χ1v) is 10.7. The molecule has 2 saturated heterocycles. The van der Waals surface area contributed by atoms with Crippen LogP contribution >= 0.6 is 0 Å². The zero-order valence-corrected chi connectivity index (χ0v) is 17.7. The lowest BCUT2D eigenvalue weighted by Gasteiger charge is -2.43. The van der Waals surface area contributed by atoms with Gasteiger partial charge in [-0.1, -0.05) is 25.5 Å². The number of hydrogen-bond donors (Lipinski definition) is 1. The van der Waals surface area contributed by atoms with Gasteiger partial charge in [-0.05, 0) is 39.3 Å². The molecule has 2 rings (SSSR count). The highest BCUT2D eigenvalue weighted by molar-refractivity contribution is 5.89. The van der Waals surface area contributed by atoms with Gasteiger partial charge in [-0.25, -0.2) is 0 Å². The van der Waals surface area contributed by atoms with E-state index in [2.05, 4.69) is 15.1 Å². The topological polar surface area (TPSA) is 61.9 Å². The van der Waals surface area contributed by atoms with Gasteiger partial charge in [0, 0.05) is 50.8 Å². The van der Waals surface area contributed by atoms with Crippen molar-refractivity contribution in [3.05, 3.63) is 24.3 Å². The van der Waals surface area contributed by atoms with Gasteiger partial charge in [0.15, 0.2) is 5.78 Å². The first kappa shape index (κ1) is 22.8. The second-order valence-corrected chi connectivity index (χ2v) is 8.01. The van der Waals surface area contributed by atoms with Crippen LogP contribution in [0.5, 0.6) is 0 Å². The molecule has 1 amide bonds. The van der Waals surface area contributed by atoms with E-state index < -0.39 is 0 Å². The average Bonchev–Trinajstić information content (AvgIpc) is 2.68. The molecule has 0 radical (unpaired) electrons. The van der Waals surface area contributed by atoms with Crippen LogP contribution in [0.25, 0.3) is 0 Å². The van der Waals surface area contributed by atoms with Gasteiger partial charge in [-0.3, -0.25) is 19.4 Å². The van der Waals surface area contributed by atoms with Crippen molar-refractivity contribution in [2.24, 2.45) is 0 Å². The van der Waals surface area contributed by atoms with E-state index in [0.717, 1.165) is 45.8 Å². The van der Waals surface area contributed by atoms with Crippen LogP contribution in [0.15, 0.2) is 24.3 Å². The molecule has 0 spiro atoms. The molecule has 0 aromatic rings. The van der Waals surface area contributed by atoms with Gasteiger partial charge in [-0.2, -0.15) is 0 Å². The fourth-order valence-corrected chi connectivity index (χ4v) is 3.87. The summed E-state index contributed by atoms with van der Waals surface area (Å²) in [5.74, 6) is 0.147. The summed E-state index contributed by atoms with van der Waals surface area (Å²) < 4.78 is 6.13. The lowest BCUT2D eigenvalue weighted by atomic mass is 9.96. The number of carbonyl (C=O) groups excluding carboxylic acids is 2. The van der Waals surface area contributed by atoms with Gasteiger partial charge in [0.2, 0.25) is 5.91 Å². The van der Waals surface area contributed by atoms with Crippen molar-refractivity contribution < 1.29 is 14.3 Å². The number of allylic oxidation sites excluding steroid dienone is 1. The number of rotatable bonds is 9. The maximum Gasteiger partial charge on any atom is 0.243 e. The largest absolute Gasteiger partial charge is 0.374 e. The van der Waals surface area contributed by atoms with Crippen LogP contribution in [0.3, 0.4) is 0 Å². The Morgan fingerprint density at radius 2 is 1.93 bits per heavy atom. The number of hydrogen-bond acceptors (Lipinski definition) is 5. The molecule has 2 atom stereocenters.